The fourth-order valence-corrected chi connectivity index (χ4v) is 2.52. The summed E-state index contributed by atoms with van der Waals surface area (Å²) in [6, 6.07) is 10.3. The molecule has 4 heteroatoms. The average Bonchev–Trinajstić information content (AvgIpc) is 2.47. The standard InChI is InChI=1S/C16H25N3O/c1-5-14(18)16(19(3)11-12(2)10-17)13-8-6-7-9-15(13)20-4/h6-9,12,14,16H,5,11,18H2,1-4H3. The monoisotopic (exact) mass is 275 g/mol. The first-order valence-electron chi connectivity index (χ1n) is 7.03. The van der Waals surface area contributed by atoms with Crippen LogP contribution in [-0.4, -0.2) is 31.6 Å². The Labute approximate surface area is 122 Å². The third kappa shape index (κ3) is 3.96. The Hall–Kier alpha value is -1.57. The van der Waals surface area contributed by atoms with E-state index in [-0.39, 0.29) is 18.0 Å². The molecule has 0 saturated carbocycles. The maximum atomic E-state index is 9.00. The number of nitriles is 1. The second kappa shape index (κ2) is 7.88. The van der Waals surface area contributed by atoms with Crippen LogP contribution in [0.2, 0.25) is 0 Å². The molecular formula is C16H25N3O. The molecule has 3 unspecified atom stereocenters. The normalized spacial score (nSPS) is 15.4. The van der Waals surface area contributed by atoms with Gasteiger partial charge >= 0.3 is 0 Å². The van der Waals surface area contributed by atoms with Gasteiger partial charge in [-0.15, -0.1) is 0 Å². The van der Waals surface area contributed by atoms with Gasteiger partial charge in [0, 0.05) is 18.2 Å². The molecule has 2 N–H and O–H groups in total. The van der Waals surface area contributed by atoms with Crippen molar-refractivity contribution in [3.05, 3.63) is 29.8 Å². The summed E-state index contributed by atoms with van der Waals surface area (Å²) in [5.41, 5.74) is 7.39. The molecule has 0 fully saturated rings. The fourth-order valence-electron chi connectivity index (χ4n) is 2.52. The molecule has 20 heavy (non-hydrogen) atoms. The molecule has 0 aromatic heterocycles. The van der Waals surface area contributed by atoms with Gasteiger partial charge in [-0.2, -0.15) is 5.26 Å². The number of nitrogens with two attached hydrogens (primary N) is 1. The van der Waals surface area contributed by atoms with E-state index in [1.807, 2.05) is 38.2 Å². The second-order valence-electron chi connectivity index (χ2n) is 5.23. The third-order valence-electron chi connectivity index (χ3n) is 3.59. The van der Waals surface area contributed by atoms with Gasteiger partial charge in [0.15, 0.2) is 0 Å². The number of ether oxygens (including phenoxy) is 1. The van der Waals surface area contributed by atoms with E-state index in [4.69, 9.17) is 15.7 Å². The fraction of sp³-hybridized carbons (Fsp3) is 0.562. The van der Waals surface area contributed by atoms with Crippen molar-refractivity contribution in [3.8, 4) is 11.8 Å². The van der Waals surface area contributed by atoms with E-state index in [0.29, 0.717) is 6.54 Å². The number of nitrogens with zero attached hydrogens (tertiary/aromatic N) is 2. The molecule has 0 amide bonds. The van der Waals surface area contributed by atoms with E-state index in [0.717, 1.165) is 17.7 Å². The highest BCUT2D eigenvalue weighted by molar-refractivity contribution is 5.36. The summed E-state index contributed by atoms with van der Waals surface area (Å²) in [6.07, 6.45) is 0.869. The van der Waals surface area contributed by atoms with E-state index in [9.17, 15) is 0 Å². The largest absolute Gasteiger partial charge is 0.496 e. The zero-order valence-corrected chi connectivity index (χ0v) is 12.8. The number of methoxy groups -OCH3 is 1. The van der Waals surface area contributed by atoms with Crippen LogP contribution in [0.25, 0.3) is 0 Å². The van der Waals surface area contributed by atoms with Gasteiger partial charge in [0.1, 0.15) is 5.75 Å². The molecule has 0 aliphatic rings. The van der Waals surface area contributed by atoms with Crippen LogP contribution < -0.4 is 10.5 Å². The number of hydrogen-bond donors (Lipinski definition) is 1. The van der Waals surface area contributed by atoms with Crippen molar-refractivity contribution in [2.45, 2.75) is 32.4 Å². The van der Waals surface area contributed by atoms with Crippen molar-refractivity contribution in [1.29, 1.82) is 5.26 Å². The first-order chi connectivity index (χ1) is 9.54. The Morgan fingerprint density at radius 1 is 1.40 bits per heavy atom. The predicted molar refractivity (Wildman–Crippen MR) is 81.4 cm³/mol. The molecule has 110 valence electrons. The van der Waals surface area contributed by atoms with Gasteiger partial charge in [-0.05, 0) is 26.5 Å². The lowest BCUT2D eigenvalue weighted by molar-refractivity contribution is 0.192. The molecule has 4 nitrogen and oxygen atoms in total. The molecule has 0 radical (unpaired) electrons. The highest BCUT2D eigenvalue weighted by atomic mass is 16.5. The van der Waals surface area contributed by atoms with Crippen molar-refractivity contribution in [3.63, 3.8) is 0 Å². The topological polar surface area (TPSA) is 62.3 Å². The quantitative estimate of drug-likeness (QED) is 0.830. The van der Waals surface area contributed by atoms with Gasteiger partial charge in [-0.3, -0.25) is 4.90 Å². The SMILES string of the molecule is CCC(N)C(c1ccccc1OC)N(C)CC(C)C#N. The minimum Gasteiger partial charge on any atom is -0.496 e. The van der Waals surface area contributed by atoms with Gasteiger partial charge in [-0.1, -0.05) is 25.1 Å². The minimum atomic E-state index is -0.0266. The molecule has 0 heterocycles. The van der Waals surface area contributed by atoms with Crippen molar-refractivity contribution in [2.75, 3.05) is 20.7 Å². The molecule has 0 bridgehead atoms. The van der Waals surface area contributed by atoms with E-state index >= 15 is 0 Å². The predicted octanol–water partition coefficient (Wildman–Crippen LogP) is 2.57. The van der Waals surface area contributed by atoms with Crippen LogP contribution >= 0.6 is 0 Å². The van der Waals surface area contributed by atoms with Crippen LogP contribution in [-0.2, 0) is 0 Å². The highest BCUT2D eigenvalue weighted by Gasteiger charge is 2.26. The van der Waals surface area contributed by atoms with Gasteiger partial charge < -0.3 is 10.5 Å². The van der Waals surface area contributed by atoms with Gasteiger partial charge in [0.25, 0.3) is 0 Å². The van der Waals surface area contributed by atoms with Crippen molar-refractivity contribution < 1.29 is 4.74 Å². The maximum absolute atomic E-state index is 9.00. The lowest BCUT2D eigenvalue weighted by Gasteiger charge is -2.34. The van der Waals surface area contributed by atoms with Crippen LogP contribution in [0.5, 0.6) is 5.75 Å². The lowest BCUT2D eigenvalue weighted by Crippen LogP contribution is -2.40. The zero-order valence-electron chi connectivity index (χ0n) is 12.8. The Kier molecular flexibility index (Phi) is 6.50. The van der Waals surface area contributed by atoms with Crippen molar-refractivity contribution >= 4 is 0 Å². The van der Waals surface area contributed by atoms with Gasteiger partial charge in [-0.25, -0.2) is 0 Å². The lowest BCUT2D eigenvalue weighted by atomic mass is 9.95. The summed E-state index contributed by atoms with van der Waals surface area (Å²) < 4.78 is 5.46. The first-order valence-corrected chi connectivity index (χ1v) is 7.03. The van der Waals surface area contributed by atoms with Crippen LogP contribution in [0.15, 0.2) is 24.3 Å². The van der Waals surface area contributed by atoms with Crippen LogP contribution in [0.1, 0.15) is 31.9 Å². The Morgan fingerprint density at radius 2 is 2.05 bits per heavy atom. The average molecular weight is 275 g/mol. The Bertz CT molecular complexity index is 455. The molecule has 0 aliphatic carbocycles. The summed E-state index contributed by atoms with van der Waals surface area (Å²) in [5, 5.41) is 9.00. The molecule has 0 aliphatic heterocycles. The number of hydrogen-bond acceptors (Lipinski definition) is 4. The summed E-state index contributed by atoms with van der Waals surface area (Å²) in [4.78, 5) is 2.15. The second-order valence-corrected chi connectivity index (χ2v) is 5.23. The highest BCUT2D eigenvalue weighted by Crippen LogP contribution is 2.31. The Morgan fingerprint density at radius 3 is 2.60 bits per heavy atom. The Balaban J connectivity index is 3.09. The van der Waals surface area contributed by atoms with Crippen LogP contribution in [0.4, 0.5) is 0 Å². The minimum absolute atomic E-state index is 0.00203. The maximum Gasteiger partial charge on any atom is 0.123 e. The molecule has 3 atom stereocenters. The van der Waals surface area contributed by atoms with E-state index in [1.54, 1.807) is 7.11 Å². The number of likely N-dealkylation sites (N-methyl/N-ethyl adjacent to an activating group) is 1. The summed E-state index contributed by atoms with van der Waals surface area (Å²) in [7, 11) is 3.69. The van der Waals surface area contributed by atoms with E-state index in [1.165, 1.54) is 0 Å². The summed E-state index contributed by atoms with van der Waals surface area (Å²) in [6.45, 7) is 4.69. The molecular weight excluding hydrogens is 250 g/mol. The first kappa shape index (κ1) is 16.5. The van der Waals surface area contributed by atoms with Crippen LogP contribution in [0.3, 0.4) is 0 Å². The number of rotatable bonds is 7. The van der Waals surface area contributed by atoms with Crippen molar-refractivity contribution in [1.82, 2.24) is 4.90 Å². The summed E-state index contributed by atoms with van der Waals surface area (Å²) in [5.74, 6) is 0.819. The summed E-state index contributed by atoms with van der Waals surface area (Å²) >= 11 is 0. The smallest absolute Gasteiger partial charge is 0.123 e. The van der Waals surface area contributed by atoms with Crippen LogP contribution in [0, 0.1) is 17.2 Å². The van der Waals surface area contributed by atoms with E-state index < -0.39 is 0 Å². The zero-order chi connectivity index (χ0) is 15.1. The molecule has 1 rings (SSSR count). The molecule has 1 aromatic rings. The van der Waals surface area contributed by atoms with Gasteiger partial charge in [0.2, 0.25) is 0 Å². The number of para-hydroxylation sites is 1. The molecule has 1 aromatic carbocycles. The third-order valence-corrected chi connectivity index (χ3v) is 3.59. The number of benzene rings is 1. The van der Waals surface area contributed by atoms with Crippen molar-refractivity contribution in [2.24, 2.45) is 11.7 Å². The molecule has 0 spiro atoms. The van der Waals surface area contributed by atoms with E-state index in [2.05, 4.69) is 17.9 Å². The van der Waals surface area contributed by atoms with Gasteiger partial charge in [0.05, 0.1) is 25.1 Å². The molecule has 0 saturated heterocycles.